The summed E-state index contributed by atoms with van der Waals surface area (Å²) in [5, 5.41) is 6.52. The number of methoxy groups -OCH3 is 1. The van der Waals surface area contributed by atoms with Crippen molar-refractivity contribution >= 4 is 30.7 Å². The van der Waals surface area contributed by atoms with E-state index in [0.717, 1.165) is 43.1 Å². The number of halogens is 2. The molecule has 0 atom stereocenters. The molecule has 1 amide bonds. The first-order chi connectivity index (χ1) is 12.6. The molecule has 8 heteroatoms. The monoisotopic (exact) mass is 428 g/mol. The highest BCUT2D eigenvalue weighted by atomic mass is 35.5. The molecule has 0 saturated carbocycles. The Morgan fingerprint density at radius 1 is 1.29 bits per heavy atom. The van der Waals surface area contributed by atoms with Crippen molar-refractivity contribution in [2.24, 2.45) is 5.41 Å². The largest absolute Gasteiger partial charge is 0.384 e. The van der Waals surface area contributed by atoms with Crippen LogP contribution in [0, 0.1) is 19.3 Å². The van der Waals surface area contributed by atoms with Crippen LogP contribution in [-0.4, -0.2) is 48.8 Å². The quantitative estimate of drug-likeness (QED) is 0.741. The molecule has 28 heavy (non-hydrogen) atoms. The van der Waals surface area contributed by atoms with Gasteiger partial charge in [0.15, 0.2) is 0 Å². The van der Waals surface area contributed by atoms with Gasteiger partial charge in [-0.2, -0.15) is 0 Å². The summed E-state index contributed by atoms with van der Waals surface area (Å²) < 4.78 is 7.45. The Morgan fingerprint density at radius 2 is 2.00 bits per heavy atom. The highest BCUT2D eigenvalue weighted by Crippen LogP contribution is 2.28. The molecule has 3 heterocycles. The molecule has 6 nitrogen and oxygen atoms in total. The van der Waals surface area contributed by atoms with Crippen LogP contribution in [0.1, 0.15) is 34.6 Å². The molecular formula is C20H30Cl2N4O2. The van der Waals surface area contributed by atoms with Crippen LogP contribution in [-0.2, 0) is 4.74 Å². The molecule has 0 unspecified atom stereocenters. The minimum Gasteiger partial charge on any atom is -0.384 e. The van der Waals surface area contributed by atoms with Gasteiger partial charge < -0.3 is 19.9 Å². The number of aryl methyl sites for hydroxylation is 1. The van der Waals surface area contributed by atoms with E-state index in [1.165, 1.54) is 0 Å². The fraction of sp³-hybridized carbons (Fsp3) is 0.500. The molecule has 0 aliphatic carbocycles. The Bertz CT molecular complexity index is 754. The van der Waals surface area contributed by atoms with Crippen LogP contribution >= 0.6 is 24.8 Å². The van der Waals surface area contributed by atoms with E-state index >= 15 is 0 Å². The van der Waals surface area contributed by atoms with Crippen molar-refractivity contribution in [3.05, 3.63) is 47.4 Å². The Labute approximate surface area is 179 Å². The van der Waals surface area contributed by atoms with Crippen molar-refractivity contribution in [3.8, 4) is 5.82 Å². The van der Waals surface area contributed by atoms with Gasteiger partial charge in [0.2, 0.25) is 0 Å². The zero-order chi connectivity index (χ0) is 18.6. The average Bonchev–Trinajstić information content (AvgIpc) is 2.96. The average molecular weight is 429 g/mol. The van der Waals surface area contributed by atoms with Crippen LogP contribution in [0.4, 0.5) is 0 Å². The number of rotatable bonds is 6. The molecule has 0 radical (unpaired) electrons. The summed E-state index contributed by atoms with van der Waals surface area (Å²) in [4.78, 5) is 17.3. The minimum atomic E-state index is -0.0331. The van der Waals surface area contributed by atoms with Gasteiger partial charge in [-0.3, -0.25) is 4.79 Å². The second-order valence-electron chi connectivity index (χ2n) is 7.17. The van der Waals surface area contributed by atoms with Gasteiger partial charge in [0.1, 0.15) is 5.82 Å². The highest BCUT2D eigenvalue weighted by Gasteiger charge is 2.33. The number of nitrogens with zero attached hydrogens (tertiary/aromatic N) is 2. The normalized spacial score (nSPS) is 15.2. The van der Waals surface area contributed by atoms with E-state index < -0.39 is 0 Å². The molecule has 3 rings (SSSR count). The maximum atomic E-state index is 12.9. The summed E-state index contributed by atoms with van der Waals surface area (Å²) in [6.45, 7) is 7.20. The van der Waals surface area contributed by atoms with Crippen molar-refractivity contribution in [3.63, 3.8) is 0 Å². The van der Waals surface area contributed by atoms with Gasteiger partial charge in [0.05, 0.1) is 12.2 Å². The molecule has 0 bridgehead atoms. The number of carbonyl (C=O) groups is 1. The van der Waals surface area contributed by atoms with Crippen LogP contribution in [0.5, 0.6) is 0 Å². The lowest BCUT2D eigenvalue weighted by Crippen LogP contribution is -2.47. The zero-order valence-electron chi connectivity index (χ0n) is 16.7. The van der Waals surface area contributed by atoms with Crippen molar-refractivity contribution in [1.82, 2.24) is 20.2 Å². The lowest BCUT2D eigenvalue weighted by molar-refractivity contribution is 0.0511. The fourth-order valence-electron chi connectivity index (χ4n) is 3.83. The predicted octanol–water partition coefficient (Wildman–Crippen LogP) is 3.08. The van der Waals surface area contributed by atoms with E-state index in [9.17, 15) is 4.79 Å². The Hall–Kier alpha value is -1.60. The number of carbonyl (C=O) groups excluding carboxylic acids is 1. The highest BCUT2D eigenvalue weighted by molar-refractivity contribution is 5.95. The van der Waals surface area contributed by atoms with Crippen LogP contribution in [0.2, 0.25) is 0 Å². The molecular weight excluding hydrogens is 399 g/mol. The summed E-state index contributed by atoms with van der Waals surface area (Å²) >= 11 is 0. The third-order valence-electron chi connectivity index (χ3n) is 5.29. The van der Waals surface area contributed by atoms with Gasteiger partial charge in [0.25, 0.3) is 5.91 Å². The molecule has 1 fully saturated rings. The number of aromatic nitrogens is 2. The first kappa shape index (κ1) is 24.4. The smallest absolute Gasteiger partial charge is 0.253 e. The minimum absolute atomic E-state index is 0. The van der Waals surface area contributed by atoms with Gasteiger partial charge in [-0.05, 0) is 58.0 Å². The Morgan fingerprint density at radius 3 is 2.61 bits per heavy atom. The SMILES string of the molecule is COCC1(CNC(=O)c2cc(C)n(-c3ccccn3)c2C)CCNCC1.Cl.Cl. The molecule has 0 spiro atoms. The van der Waals surface area contributed by atoms with Crippen molar-refractivity contribution < 1.29 is 9.53 Å². The summed E-state index contributed by atoms with van der Waals surface area (Å²) in [7, 11) is 1.73. The van der Waals surface area contributed by atoms with Crippen molar-refractivity contribution in [2.75, 3.05) is 33.4 Å². The topological polar surface area (TPSA) is 68.2 Å². The molecule has 2 aromatic rings. The third kappa shape index (κ3) is 5.26. The van der Waals surface area contributed by atoms with Crippen LogP contribution in [0.3, 0.4) is 0 Å². The van der Waals surface area contributed by atoms with E-state index in [4.69, 9.17) is 4.74 Å². The molecule has 2 N–H and O–H groups in total. The van der Waals surface area contributed by atoms with Gasteiger partial charge in [-0.25, -0.2) is 4.98 Å². The lowest BCUT2D eigenvalue weighted by Gasteiger charge is -2.37. The van der Waals surface area contributed by atoms with Crippen LogP contribution in [0.15, 0.2) is 30.5 Å². The molecule has 1 aliphatic rings. The number of hydrogen-bond acceptors (Lipinski definition) is 4. The van der Waals surface area contributed by atoms with Gasteiger partial charge in [-0.1, -0.05) is 6.07 Å². The zero-order valence-corrected chi connectivity index (χ0v) is 18.3. The van der Waals surface area contributed by atoms with E-state index in [1.54, 1.807) is 13.3 Å². The third-order valence-corrected chi connectivity index (χ3v) is 5.29. The molecule has 1 aliphatic heterocycles. The van der Waals surface area contributed by atoms with Crippen LogP contribution < -0.4 is 10.6 Å². The van der Waals surface area contributed by atoms with Gasteiger partial charge in [-0.15, -0.1) is 24.8 Å². The molecule has 1 saturated heterocycles. The maximum absolute atomic E-state index is 12.9. The molecule has 156 valence electrons. The molecule has 2 aromatic heterocycles. The number of amides is 1. The van der Waals surface area contributed by atoms with Crippen molar-refractivity contribution in [1.29, 1.82) is 0 Å². The number of pyridine rings is 1. The van der Waals surface area contributed by atoms with E-state index in [1.807, 2.05) is 42.7 Å². The number of ether oxygens (including phenoxy) is 1. The lowest BCUT2D eigenvalue weighted by atomic mass is 9.79. The van der Waals surface area contributed by atoms with Crippen LogP contribution in [0.25, 0.3) is 5.82 Å². The van der Waals surface area contributed by atoms with E-state index in [0.29, 0.717) is 18.7 Å². The first-order valence-corrected chi connectivity index (χ1v) is 9.14. The first-order valence-electron chi connectivity index (χ1n) is 9.14. The van der Waals surface area contributed by atoms with E-state index in [-0.39, 0.29) is 36.1 Å². The number of nitrogens with one attached hydrogen (secondary N) is 2. The second kappa shape index (κ2) is 10.8. The summed E-state index contributed by atoms with van der Waals surface area (Å²) in [5.74, 6) is 0.796. The van der Waals surface area contributed by atoms with Gasteiger partial charge >= 0.3 is 0 Å². The summed E-state index contributed by atoms with van der Waals surface area (Å²) in [6.07, 6.45) is 3.78. The Balaban J connectivity index is 0.00000196. The summed E-state index contributed by atoms with van der Waals surface area (Å²) in [6, 6.07) is 7.72. The van der Waals surface area contributed by atoms with Gasteiger partial charge in [0, 0.05) is 36.7 Å². The maximum Gasteiger partial charge on any atom is 0.253 e. The second-order valence-corrected chi connectivity index (χ2v) is 7.17. The molecule has 0 aromatic carbocycles. The summed E-state index contributed by atoms with van der Waals surface area (Å²) in [5.41, 5.74) is 2.63. The number of piperidine rings is 1. The van der Waals surface area contributed by atoms with E-state index in [2.05, 4.69) is 15.6 Å². The number of hydrogen-bond donors (Lipinski definition) is 2. The standard InChI is InChI=1S/C20H28N4O2.2ClH/c1-15-12-17(16(2)24(15)18-6-4-5-9-22-18)19(25)23-13-20(14-26-3)7-10-21-11-8-20;;/h4-6,9,12,21H,7-8,10-11,13-14H2,1-3H3,(H,23,25);2*1H. The fourth-order valence-corrected chi connectivity index (χ4v) is 3.83. The predicted molar refractivity (Wildman–Crippen MR) is 116 cm³/mol. The van der Waals surface area contributed by atoms with Crippen molar-refractivity contribution in [2.45, 2.75) is 26.7 Å². The Kier molecular flexibility index (Phi) is 9.44.